The molecule has 0 amide bonds. The molecule has 13 heavy (non-hydrogen) atoms. The lowest BCUT2D eigenvalue weighted by atomic mass is 10.3. The molecule has 1 aliphatic rings. The van der Waals surface area contributed by atoms with Crippen LogP contribution in [0.1, 0.15) is 38.4 Å². The number of nitrogens with one attached hydrogen (secondary N) is 1. The zero-order chi connectivity index (χ0) is 9.42. The number of hydrogen-bond donors (Lipinski definition) is 1. The minimum atomic E-state index is 0.490. The monoisotopic (exact) mass is 179 g/mol. The molecule has 1 aliphatic carbocycles. The number of anilines is 1. The van der Waals surface area contributed by atoms with Gasteiger partial charge in [-0.2, -0.15) is 0 Å². The van der Waals surface area contributed by atoms with Gasteiger partial charge in [0.15, 0.2) is 0 Å². The molecule has 72 valence electrons. The van der Waals surface area contributed by atoms with Crippen molar-refractivity contribution in [3.05, 3.63) is 11.9 Å². The molecule has 3 heteroatoms. The molecule has 1 saturated carbocycles. The van der Waals surface area contributed by atoms with Gasteiger partial charge >= 0.3 is 0 Å². The summed E-state index contributed by atoms with van der Waals surface area (Å²) in [6, 6.07) is 1.17. The summed E-state index contributed by atoms with van der Waals surface area (Å²) < 4.78 is 2.25. The molecule has 0 spiro atoms. The Balaban J connectivity index is 2.22. The van der Waals surface area contributed by atoms with E-state index in [1.807, 2.05) is 6.20 Å². The predicted octanol–water partition coefficient (Wildman–Crippen LogP) is 2.35. The molecule has 0 unspecified atom stereocenters. The molecule has 1 aromatic heterocycles. The second kappa shape index (κ2) is 3.05. The summed E-state index contributed by atoms with van der Waals surface area (Å²) in [5.41, 5.74) is 1.23. The average Bonchev–Trinajstić information content (AvgIpc) is 2.76. The third-order valence-corrected chi connectivity index (χ3v) is 2.41. The highest BCUT2D eigenvalue weighted by molar-refractivity contribution is 5.33. The summed E-state index contributed by atoms with van der Waals surface area (Å²) in [7, 11) is 0. The smallest absolute Gasteiger partial charge is 0.203 e. The maximum Gasteiger partial charge on any atom is 0.203 e. The Bertz CT molecular complexity index is 297. The normalized spacial score (nSPS) is 16.6. The average molecular weight is 179 g/mol. The van der Waals surface area contributed by atoms with Crippen LogP contribution in [0.3, 0.4) is 0 Å². The summed E-state index contributed by atoms with van der Waals surface area (Å²) in [4.78, 5) is 4.37. The minimum Gasteiger partial charge on any atom is -0.353 e. The van der Waals surface area contributed by atoms with Crippen molar-refractivity contribution in [2.24, 2.45) is 0 Å². The first-order valence-corrected chi connectivity index (χ1v) is 4.99. The molecular formula is C10H17N3. The van der Waals surface area contributed by atoms with E-state index < -0.39 is 0 Å². The van der Waals surface area contributed by atoms with Crippen LogP contribution < -0.4 is 5.32 Å². The maximum absolute atomic E-state index is 4.37. The molecule has 0 saturated heterocycles. The van der Waals surface area contributed by atoms with Crippen molar-refractivity contribution < 1.29 is 0 Å². The van der Waals surface area contributed by atoms with Crippen LogP contribution in [0.25, 0.3) is 0 Å². The molecular weight excluding hydrogens is 162 g/mol. The zero-order valence-electron chi connectivity index (χ0n) is 8.54. The van der Waals surface area contributed by atoms with E-state index in [2.05, 4.69) is 35.6 Å². The first-order chi connectivity index (χ1) is 6.18. The number of rotatable bonds is 3. The minimum absolute atomic E-state index is 0.490. The Morgan fingerprint density at radius 2 is 2.23 bits per heavy atom. The van der Waals surface area contributed by atoms with Gasteiger partial charge in [0.25, 0.3) is 0 Å². The third-order valence-electron chi connectivity index (χ3n) is 2.41. The fourth-order valence-corrected chi connectivity index (χ4v) is 1.61. The lowest BCUT2D eigenvalue weighted by Crippen LogP contribution is -2.11. The highest BCUT2D eigenvalue weighted by Crippen LogP contribution is 2.26. The van der Waals surface area contributed by atoms with Crippen LogP contribution in [0.2, 0.25) is 0 Å². The second-order valence-corrected chi connectivity index (χ2v) is 4.11. The number of aryl methyl sites for hydroxylation is 1. The molecule has 0 atom stereocenters. The zero-order valence-corrected chi connectivity index (χ0v) is 8.54. The van der Waals surface area contributed by atoms with Gasteiger partial charge in [-0.25, -0.2) is 4.98 Å². The van der Waals surface area contributed by atoms with Crippen molar-refractivity contribution in [2.75, 3.05) is 5.32 Å². The van der Waals surface area contributed by atoms with Gasteiger partial charge in [-0.3, -0.25) is 0 Å². The van der Waals surface area contributed by atoms with Crippen molar-refractivity contribution in [3.63, 3.8) is 0 Å². The number of hydrogen-bond acceptors (Lipinski definition) is 2. The van der Waals surface area contributed by atoms with Crippen molar-refractivity contribution in [1.29, 1.82) is 0 Å². The summed E-state index contributed by atoms with van der Waals surface area (Å²) >= 11 is 0. The predicted molar refractivity (Wildman–Crippen MR) is 54.0 cm³/mol. The fraction of sp³-hybridized carbons (Fsp3) is 0.700. The Labute approximate surface area is 79.2 Å². The largest absolute Gasteiger partial charge is 0.353 e. The van der Waals surface area contributed by atoms with Gasteiger partial charge < -0.3 is 9.88 Å². The highest BCUT2D eigenvalue weighted by Gasteiger charge is 2.23. The van der Waals surface area contributed by atoms with E-state index in [0.717, 1.165) is 5.95 Å². The first kappa shape index (κ1) is 8.60. The molecule has 1 N–H and O–H groups in total. The number of nitrogens with zero attached hydrogens (tertiary/aromatic N) is 2. The quantitative estimate of drug-likeness (QED) is 0.771. The standard InChI is InChI=1S/C10H17N3/c1-7(2)13-8(3)6-11-10(13)12-9-4-5-9/h6-7,9H,4-5H2,1-3H3,(H,11,12). The SMILES string of the molecule is Cc1cnc(NC2CC2)n1C(C)C. The van der Waals surface area contributed by atoms with Crippen molar-refractivity contribution >= 4 is 5.95 Å². The van der Waals surface area contributed by atoms with Crippen molar-refractivity contribution in [3.8, 4) is 0 Å². The van der Waals surface area contributed by atoms with E-state index >= 15 is 0 Å². The Morgan fingerprint density at radius 3 is 2.77 bits per heavy atom. The molecule has 0 aromatic carbocycles. The van der Waals surface area contributed by atoms with Crippen LogP contribution in [0.5, 0.6) is 0 Å². The van der Waals surface area contributed by atoms with Gasteiger partial charge in [-0.05, 0) is 33.6 Å². The molecule has 1 fully saturated rings. The first-order valence-electron chi connectivity index (χ1n) is 4.99. The summed E-state index contributed by atoms with van der Waals surface area (Å²) in [5, 5.41) is 3.44. The van der Waals surface area contributed by atoms with Gasteiger partial charge in [0, 0.05) is 17.8 Å². The van der Waals surface area contributed by atoms with Crippen LogP contribution in [-0.4, -0.2) is 15.6 Å². The molecule has 1 aromatic rings. The van der Waals surface area contributed by atoms with Gasteiger partial charge in [-0.1, -0.05) is 0 Å². The molecule has 2 rings (SSSR count). The van der Waals surface area contributed by atoms with Gasteiger partial charge in [-0.15, -0.1) is 0 Å². The maximum atomic E-state index is 4.37. The van der Waals surface area contributed by atoms with E-state index in [0.29, 0.717) is 12.1 Å². The van der Waals surface area contributed by atoms with Crippen LogP contribution in [-0.2, 0) is 0 Å². The van der Waals surface area contributed by atoms with Crippen LogP contribution in [0, 0.1) is 6.92 Å². The summed E-state index contributed by atoms with van der Waals surface area (Å²) in [6.07, 6.45) is 4.53. The molecule has 1 heterocycles. The van der Waals surface area contributed by atoms with E-state index in [1.165, 1.54) is 18.5 Å². The summed E-state index contributed by atoms with van der Waals surface area (Å²) in [6.45, 7) is 6.48. The molecule has 3 nitrogen and oxygen atoms in total. The van der Waals surface area contributed by atoms with Crippen LogP contribution >= 0.6 is 0 Å². The van der Waals surface area contributed by atoms with E-state index in [4.69, 9.17) is 0 Å². The van der Waals surface area contributed by atoms with Gasteiger partial charge in [0.1, 0.15) is 0 Å². The van der Waals surface area contributed by atoms with Gasteiger partial charge in [0.2, 0.25) is 5.95 Å². The van der Waals surface area contributed by atoms with E-state index in [1.54, 1.807) is 0 Å². The van der Waals surface area contributed by atoms with Gasteiger partial charge in [0.05, 0.1) is 6.20 Å². The fourth-order valence-electron chi connectivity index (χ4n) is 1.61. The topological polar surface area (TPSA) is 29.9 Å². The second-order valence-electron chi connectivity index (χ2n) is 4.11. The third kappa shape index (κ3) is 1.69. The molecule has 0 bridgehead atoms. The Morgan fingerprint density at radius 1 is 1.54 bits per heavy atom. The molecule has 0 radical (unpaired) electrons. The van der Waals surface area contributed by atoms with E-state index in [-0.39, 0.29) is 0 Å². The van der Waals surface area contributed by atoms with Crippen molar-refractivity contribution in [1.82, 2.24) is 9.55 Å². The van der Waals surface area contributed by atoms with Crippen molar-refractivity contribution in [2.45, 2.75) is 45.7 Å². The van der Waals surface area contributed by atoms with Crippen LogP contribution in [0.15, 0.2) is 6.20 Å². The lowest BCUT2D eigenvalue weighted by Gasteiger charge is -2.14. The molecule has 0 aliphatic heterocycles. The highest BCUT2D eigenvalue weighted by atomic mass is 15.2. The lowest BCUT2D eigenvalue weighted by molar-refractivity contribution is 0.590. The summed E-state index contributed by atoms with van der Waals surface area (Å²) in [5.74, 6) is 1.04. The van der Waals surface area contributed by atoms with E-state index in [9.17, 15) is 0 Å². The Kier molecular flexibility index (Phi) is 2.02. The Hall–Kier alpha value is -0.990. The van der Waals surface area contributed by atoms with Crippen LogP contribution in [0.4, 0.5) is 5.95 Å². The number of aromatic nitrogens is 2. The number of imidazole rings is 1.